The van der Waals surface area contributed by atoms with Gasteiger partial charge in [-0.3, -0.25) is 0 Å². The van der Waals surface area contributed by atoms with Gasteiger partial charge in [-0.15, -0.1) is 0 Å². The molecule has 1 aromatic carbocycles. The Morgan fingerprint density at radius 2 is 1.67 bits per heavy atom. The summed E-state index contributed by atoms with van der Waals surface area (Å²) in [6.45, 7) is 6.96. The smallest absolute Gasteiger partial charge is 0.211 e. The van der Waals surface area contributed by atoms with Gasteiger partial charge in [0.2, 0.25) is 6.08 Å². The third-order valence-electron chi connectivity index (χ3n) is 5.06. The molecule has 0 amide bonds. The molecule has 0 atom stereocenters. The van der Waals surface area contributed by atoms with Crippen LogP contribution in [0.1, 0.15) is 71.3 Å². The number of hydrogen-bond acceptors (Lipinski definition) is 2. The van der Waals surface area contributed by atoms with E-state index in [0.717, 1.165) is 17.7 Å². The molecule has 1 rings (SSSR count). The van der Waals surface area contributed by atoms with Gasteiger partial charge in [-0.2, -0.15) is 4.99 Å². The van der Waals surface area contributed by atoms with Crippen LogP contribution in [0, 0.1) is 5.41 Å². The molecule has 1 aromatic rings. The van der Waals surface area contributed by atoms with Gasteiger partial charge in [0.05, 0.1) is 5.69 Å². The topological polar surface area (TPSA) is 29.4 Å². The highest BCUT2D eigenvalue weighted by Crippen LogP contribution is 2.36. The summed E-state index contributed by atoms with van der Waals surface area (Å²) in [6, 6.07) is 7.87. The number of carbonyl (C=O) groups excluding carboxylic acids is 1. The summed E-state index contributed by atoms with van der Waals surface area (Å²) in [4.78, 5) is 14.2. The Hall–Kier alpha value is -1.40. The Bertz CT molecular complexity index is 448. The second-order valence-electron chi connectivity index (χ2n) is 5.95. The van der Waals surface area contributed by atoms with Gasteiger partial charge in [-0.05, 0) is 36.3 Å². The number of isocyanates is 1. The van der Waals surface area contributed by atoms with Crippen molar-refractivity contribution < 1.29 is 4.79 Å². The van der Waals surface area contributed by atoms with Crippen molar-refractivity contribution in [2.45, 2.75) is 72.1 Å². The molecule has 0 aliphatic heterocycles. The number of unbranched alkanes of at least 4 members (excludes halogenated alkanes) is 2. The minimum atomic E-state index is 0.555. The molecule has 0 aromatic heterocycles. The lowest BCUT2D eigenvalue weighted by Crippen LogP contribution is -2.17. The molecule has 2 heteroatoms. The summed E-state index contributed by atoms with van der Waals surface area (Å²) >= 11 is 0. The second kappa shape index (κ2) is 9.52. The van der Waals surface area contributed by atoms with Crippen molar-refractivity contribution in [3.8, 4) is 0 Å². The first-order valence-corrected chi connectivity index (χ1v) is 8.37. The van der Waals surface area contributed by atoms with Gasteiger partial charge in [0.25, 0.3) is 0 Å². The van der Waals surface area contributed by atoms with Crippen molar-refractivity contribution in [3.63, 3.8) is 0 Å². The summed E-state index contributed by atoms with van der Waals surface area (Å²) < 4.78 is 0. The Balaban J connectivity index is 2.40. The third-order valence-corrected chi connectivity index (χ3v) is 5.06. The molecule has 21 heavy (non-hydrogen) atoms. The molecule has 0 aliphatic rings. The average Bonchev–Trinajstić information content (AvgIpc) is 2.53. The van der Waals surface area contributed by atoms with Crippen molar-refractivity contribution in [1.29, 1.82) is 0 Å². The van der Waals surface area contributed by atoms with Gasteiger partial charge in [-0.25, -0.2) is 4.79 Å². The molecule has 0 heterocycles. The van der Waals surface area contributed by atoms with Crippen molar-refractivity contribution in [2.24, 2.45) is 10.4 Å². The van der Waals surface area contributed by atoms with E-state index in [1.165, 1.54) is 44.9 Å². The van der Waals surface area contributed by atoms with Gasteiger partial charge in [0.1, 0.15) is 0 Å². The van der Waals surface area contributed by atoms with Crippen molar-refractivity contribution in [2.75, 3.05) is 0 Å². The van der Waals surface area contributed by atoms with E-state index in [1.54, 1.807) is 6.08 Å². The molecule has 2 nitrogen and oxygen atoms in total. The zero-order chi connectivity index (χ0) is 15.6. The summed E-state index contributed by atoms with van der Waals surface area (Å²) in [5, 5.41) is 0. The minimum absolute atomic E-state index is 0.555. The van der Waals surface area contributed by atoms with Gasteiger partial charge < -0.3 is 0 Å². The van der Waals surface area contributed by atoms with Crippen LogP contribution in [0.25, 0.3) is 0 Å². The SMILES string of the molecule is CCC(CC)(CC)CCCCCc1ccccc1N=C=O. The quantitative estimate of drug-likeness (QED) is 0.296. The second-order valence-corrected chi connectivity index (χ2v) is 5.95. The highest BCUT2D eigenvalue weighted by molar-refractivity contribution is 5.53. The van der Waals surface area contributed by atoms with E-state index in [4.69, 9.17) is 0 Å². The van der Waals surface area contributed by atoms with Gasteiger partial charge >= 0.3 is 0 Å². The van der Waals surface area contributed by atoms with Crippen LogP contribution in [0.2, 0.25) is 0 Å². The van der Waals surface area contributed by atoms with Crippen LogP contribution in [-0.2, 0) is 11.2 Å². The molecule has 0 aliphatic carbocycles. The third kappa shape index (κ3) is 5.47. The normalized spacial score (nSPS) is 11.2. The number of aliphatic imine (C=N–C) groups is 1. The number of nitrogens with zero attached hydrogens (tertiary/aromatic N) is 1. The Morgan fingerprint density at radius 1 is 1.00 bits per heavy atom. The lowest BCUT2D eigenvalue weighted by atomic mass is 9.75. The summed E-state index contributed by atoms with van der Waals surface area (Å²) in [7, 11) is 0. The summed E-state index contributed by atoms with van der Waals surface area (Å²) in [5.74, 6) is 0. The maximum absolute atomic E-state index is 10.4. The van der Waals surface area contributed by atoms with Gasteiger partial charge in [-0.1, -0.05) is 71.1 Å². The first-order chi connectivity index (χ1) is 10.2. The number of para-hydroxylation sites is 1. The largest absolute Gasteiger partial charge is 0.240 e. The fourth-order valence-electron chi connectivity index (χ4n) is 3.15. The molecular weight excluding hydrogens is 258 g/mol. The highest BCUT2D eigenvalue weighted by Gasteiger charge is 2.22. The van der Waals surface area contributed by atoms with Crippen LogP contribution in [0.15, 0.2) is 29.3 Å². The zero-order valence-corrected chi connectivity index (χ0v) is 13.8. The standard InChI is InChI=1S/C19H29NO/c1-4-19(5-2,6-3)15-11-7-8-12-17-13-9-10-14-18(17)20-16-21/h9-10,13-14H,4-8,11-12,15H2,1-3H3. The lowest BCUT2D eigenvalue weighted by molar-refractivity contribution is 0.220. The number of rotatable bonds is 10. The van der Waals surface area contributed by atoms with Crippen LogP contribution in [0.3, 0.4) is 0 Å². The van der Waals surface area contributed by atoms with Crippen molar-refractivity contribution in [3.05, 3.63) is 29.8 Å². The van der Waals surface area contributed by atoms with Crippen molar-refractivity contribution in [1.82, 2.24) is 0 Å². The molecule has 0 N–H and O–H groups in total. The number of aryl methyl sites for hydroxylation is 1. The molecule has 116 valence electrons. The fraction of sp³-hybridized carbons (Fsp3) is 0.632. The average molecular weight is 287 g/mol. The van der Waals surface area contributed by atoms with Crippen LogP contribution < -0.4 is 0 Å². The minimum Gasteiger partial charge on any atom is -0.211 e. The molecule has 0 spiro atoms. The highest BCUT2D eigenvalue weighted by atomic mass is 16.1. The predicted octanol–water partition coefficient (Wildman–Crippen LogP) is 5.97. The molecule has 0 radical (unpaired) electrons. The first-order valence-electron chi connectivity index (χ1n) is 8.37. The molecule has 0 fully saturated rings. The van der Waals surface area contributed by atoms with E-state index in [0.29, 0.717) is 5.41 Å². The van der Waals surface area contributed by atoms with E-state index in [-0.39, 0.29) is 0 Å². The van der Waals surface area contributed by atoms with Crippen molar-refractivity contribution >= 4 is 11.8 Å². The van der Waals surface area contributed by atoms with Gasteiger partial charge in [0.15, 0.2) is 0 Å². The summed E-state index contributed by atoms with van der Waals surface area (Å²) in [5.41, 5.74) is 2.49. The molecular formula is C19H29NO. The molecule has 0 saturated carbocycles. The van der Waals surface area contributed by atoms with E-state index in [2.05, 4.69) is 31.8 Å². The Labute approximate surface area is 129 Å². The first kappa shape index (κ1) is 17.7. The predicted molar refractivity (Wildman–Crippen MR) is 89.7 cm³/mol. The Morgan fingerprint density at radius 3 is 2.29 bits per heavy atom. The summed E-state index contributed by atoms with van der Waals surface area (Å²) in [6.07, 6.45) is 11.6. The van der Waals surface area contributed by atoms with Crippen LogP contribution in [0.4, 0.5) is 5.69 Å². The van der Waals surface area contributed by atoms with Crippen LogP contribution in [-0.4, -0.2) is 6.08 Å². The van der Waals surface area contributed by atoms with Gasteiger partial charge in [0, 0.05) is 0 Å². The molecule has 0 saturated heterocycles. The number of benzene rings is 1. The Kier molecular flexibility index (Phi) is 8.00. The zero-order valence-electron chi connectivity index (χ0n) is 13.8. The molecule has 0 unspecified atom stereocenters. The maximum atomic E-state index is 10.4. The van der Waals surface area contributed by atoms with E-state index >= 15 is 0 Å². The van der Waals surface area contributed by atoms with E-state index in [1.807, 2.05) is 18.2 Å². The maximum Gasteiger partial charge on any atom is 0.240 e. The van der Waals surface area contributed by atoms with Crippen LogP contribution in [0.5, 0.6) is 0 Å². The number of hydrogen-bond donors (Lipinski definition) is 0. The fourth-order valence-corrected chi connectivity index (χ4v) is 3.15. The van der Waals surface area contributed by atoms with E-state index < -0.39 is 0 Å². The van der Waals surface area contributed by atoms with Crippen LogP contribution >= 0.6 is 0 Å². The molecule has 0 bridgehead atoms. The van der Waals surface area contributed by atoms with E-state index in [9.17, 15) is 4.79 Å². The monoisotopic (exact) mass is 287 g/mol. The lowest BCUT2D eigenvalue weighted by Gasteiger charge is -2.30.